The lowest BCUT2D eigenvalue weighted by Gasteiger charge is -2.35. The third-order valence-electron chi connectivity index (χ3n) is 3.08. The molecular weight excluding hydrogens is 243 g/mol. The van der Waals surface area contributed by atoms with E-state index in [0.29, 0.717) is 24.9 Å². The Labute approximate surface area is 104 Å². The van der Waals surface area contributed by atoms with Gasteiger partial charge in [0.2, 0.25) is 5.95 Å². The van der Waals surface area contributed by atoms with Gasteiger partial charge in [0.15, 0.2) is 0 Å². The van der Waals surface area contributed by atoms with Crippen LogP contribution < -0.4 is 4.90 Å². The van der Waals surface area contributed by atoms with E-state index in [2.05, 4.69) is 23.8 Å². The maximum atomic E-state index is 12.6. The van der Waals surface area contributed by atoms with Crippen LogP contribution in [0.25, 0.3) is 0 Å². The lowest BCUT2D eigenvalue weighted by atomic mass is 9.92. The van der Waals surface area contributed by atoms with Gasteiger partial charge in [0.05, 0.1) is 0 Å². The molecule has 1 aliphatic rings. The van der Waals surface area contributed by atoms with Gasteiger partial charge in [0, 0.05) is 19.3 Å². The molecule has 1 aromatic rings. The molecule has 1 fully saturated rings. The fourth-order valence-electron chi connectivity index (χ4n) is 2.48. The Bertz CT molecular complexity index is 409. The molecule has 3 nitrogen and oxygen atoms in total. The van der Waals surface area contributed by atoms with Crippen molar-refractivity contribution >= 4 is 5.95 Å². The number of rotatable bonds is 1. The number of alkyl halides is 3. The van der Waals surface area contributed by atoms with Crippen molar-refractivity contribution < 1.29 is 13.2 Å². The summed E-state index contributed by atoms with van der Waals surface area (Å²) in [4.78, 5) is 9.43. The van der Waals surface area contributed by atoms with Gasteiger partial charge in [-0.05, 0) is 24.3 Å². The average molecular weight is 259 g/mol. The van der Waals surface area contributed by atoms with Crippen molar-refractivity contribution in [2.24, 2.45) is 11.8 Å². The molecule has 0 aliphatic carbocycles. The summed E-state index contributed by atoms with van der Waals surface area (Å²) in [5.41, 5.74) is -0.877. The van der Waals surface area contributed by atoms with Crippen LogP contribution in [-0.4, -0.2) is 23.1 Å². The summed E-state index contributed by atoms with van der Waals surface area (Å²) in [7, 11) is 0. The Morgan fingerprint density at radius 2 is 1.83 bits per heavy atom. The van der Waals surface area contributed by atoms with Gasteiger partial charge in [0.1, 0.15) is 5.69 Å². The van der Waals surface area contributed by atoms with Gasteiger partial charge in [-0.1, -0.05) is 13.8 Å². The van der Waals surface area contributed by atoms with Crippen molar-refractivity contribution in [1.82, 2.24) is 9.97 Å². The summed E-state index contributed by atoms with van der Waals surface area (Å²) in [5, 5.41) is 0. The third kappa shape index (κ3) is 2.91. The van der Waals surface area contributed by atoms with E-state index < -0.39 is 11.9 Å². The molecular formula is C12H16F3N3. The van der Waals surface area contributed by atoms with E-state index in [4.69, 9.17) is 0 Å². The quantitative estimate of drug-likeness (QED) is 0.776. The summed E-state index contributed by atoms with van der Waals surface area (Å²) >= 11 is 0. The van der Waals surface area contributed by atoms with E-state index >= 15 is 0 Å². The average Bonchev–Trinajstić information content (AvgIpc) is 2.27. The highest BCUT2D eigenvalue weighted by Crippen LogP contribution is 2.29. The van der Waals surface area contributed by atoms with E-state index in [1.165, 1.54) is 6.20 Å². The molecule has 1 aliphatic heterocycles. The Kier molecular flexibility index (Phi) is 3.45. The zero-order valence-electron chi connectivity index (χ0n) is 10.4. The highest BCUT2D eigenvalue weighted by molar-refractivity contribution is 5.31. The second kappa shape index (κ2) is 4.74. The Hall–Kier alpha value is -1.33. The van der Waals surface area contributed by atoms with Crippen LogP contribution in [0, 0.1) is 11.8 Å². The summed E-state index contributed by atoms with van der Waals surface area (Å²) in [5.74, 6) is 1.09. The highest BCUT2D eigenvalue weighted by Gasteiger charge is 2.33. The largest absolute Gasteiger partial charge is 0.433 e. The first-order chi connectivity index (χ1) is 8.36. The number of nitrogens with zero attached hydrogens (tertiary/aromatic N) is 3. The highest BCUT2D eigenvalue weighted by atomic mass is 19.4. The summed E-state index contributed by atoms with van der Waals surface area (Å²) in [6, 6.07) is 0.903. The van der Waals surface area contributed by atoms with Gasteiger partial charge >= 0.3 is 6.18 Å². The normalized spacial score (nSPS) is 25.3. The fourth-order valence-corrected chi connectivity index (χ4v) is 2.48. The second-order valence-electron chi connectivity index (χ2n) is 5.09. The Morgan fingerprint density at radius 3 is 2.39 bits per heavy atom. The molecule has 100 valence electrons. The number of aromatic nitrogens is 2. The van der Waals surface area contributed by atoms with E-state index in [0.717, 1.165) is 12.5 Å². The molecule has 1 saturated heterocycles. The van der Waals surface area contributed by atoms with Gasteiger partial charge in [-0.3, -0.25) is 0 Å². The molecule has 0 bridgehead atoms. The molecule has 0 saturated carbocycles. The number of halogens is 3. The van der Waals surface area contributed by atoms with Crippen molar-refractivity contribution in [3.05, 3.63) is 18.0 Å². The van der Waals surface area contributed by atoms with E-state index in [-0.39, 0.29) is 5.95 Å². The Balaban J connectivity index is 2.23. The second-order valence-corrected chi connectivity index (χ2v) is 5.09. The van der Waals surface area contributed by atoms with Crippen LogP contribution in [0.1, 0.15) is 26.0 Å². The van der Waals surface area contributed by atoms with Crippen LogP contribution in [0.5, 0.6) is 0 Å². The van der Waals surface area contributed by atoms with Crippen LogP contribution in [0.2, 0.25) is 0 Å². The lowest BCUT2D eigenvalue weighted by Crippen LogP contribution is -2.39. The minimum absolute atomic E-state index is 0.184. The van der Waals surface area contributed by atoms with Gasteiger partial charge in [-0.2, -0.15) is 13.2 Å². The molecule has 0 amide bonds. The first-order valence-electron chi connectivity index (χ1n) is 6.01. The molecule has 0 radical (unpaired) electrons. The van der Waals surface area contributed by atoms with Crippen molar-refractivity contribution in [3.8, 4) is 0 Å². The molecule has 18 heavy (non-hydrogen) atoms. The maximum Gasteiger partial charge on any atom is 0.433 e. The van der Waals surface area contributed by atoms with Crippen LogP contribution in [0.4, 0.5) is 19.1 Å². The van der Waals surface area contributed by atoms with Crippen LogP contribution in [0.15, 0.2) is 12.3 Å². The topological polar surface area (TPSA) is 29.0 Å². The first kappa shape index (κ1) is 13.1. The summed E-state index contributed by atoms with van der Waals surface area (Å²) < 4.78 is 37.7. The molecule has 2 rings (SSSR count). The van der Waals surface area contributed by atoms with E-state index in [1.807, 2.05) is 4.90 Å². The predicted octanol–water partition coefficient (Wildman–Crippen LogP) is 2.98. The first-order valence-corrected chi connectivity index (χ1v) is 6.01. The van der Waals surface area contributed by atoms with Crippen molar-refractivity contribution in [2.45, 2.75) is 26.4 Å². The predicted molar refractivity (Wildman–Crippen MR) is 62.2 cm³/mol. The minimum atomic E-state index is -4.41. The summed E-state index contributed by atoms with van der Waals surface area (Å²) in [6.45, 7) is 5.61. The molecule has 0 N–H and O–H groups in total. The third-order valence-corrected chi connectivity index (χ3v) is 3.08. The van der Waals surface area contributed by atoms with E-state index in [1.54, 1.807) is 0 Å². The standard InChI is InChI=1S/C12H16F3N3/c1-8-5-9(2)7-18(6-8)11-16-4-3-10(17-11)12(13,14)15/h3-4,8-9H,5-7H2,1-2H3. The van der Waals surface area contributed by atoms with Crippen molar-refractivity contribution in [1.29, 1.82) is 0 Å². The van der Waals surface area contributed by atoms with E-state index in [9.17, 15) is 13.2 Å². The van der Waals surface area contributed by atoms with Crippen LogP contribution in [-0.2, 0) is 6.18 Å². The zero-order chi connectivity index (χ0) is 13.3. The molecule has 6 heteroatoms. The lowest BCUT2D eigenvalue weighted by molar-refractivity contribution is -0.141. The van der Waals surface area contributed by atoms with Crippen LogP contribution >= 0.6 is 0 Å². The molecule has 2 heterocycles. The summed E-state index contributed by atoms with van der Waals surface area (Å²) in [6.07, 6.45) is -2.14. The van der Waals surface area contributed by atoms with Crippen molar-refractivity contribution in [2.75, 3.05) is 18.0 Å². The molecule has 1 aromatic heterocycles. The molecule has 2 unspecified atom stereocenters. The minimum Gasteiger partial charge on any atom is -0.340 e. The number of piperidine rings is 1. The fraction of sp³-hybridized carbons (Fsp3) is 0.667. The number of hydrogen-bond donors (Lipinski definition) is 0. The van der Waals surface area contributed by atoms with Gasteiger partial charge in [-0.15, -0.1) is 0 Å². The van der Waals surface area contributed by atoms with Gasteiger partial charge in [0.25, 0.3) is 0 Å². The van der Waals surface area contributed by atoms with Crippen LogP contribution in [0.3, 0.4) is 0 Å². The number of anilines is 1. The van der Waals surface area contributed by atoms with Gasteiger partial charge < -0.3 is 4.90 Å². The molecule has 0 aromatic carbocycles. The molecule has 0 spiro atoms. The maximum absolute atomic E-state index is 12.6. The van der Waals surface area contributed by atoms with Gasteiger partial charge in [-0.25, -0.2) is 9.97 Å². The SMILES string of the molecule is CC1CC(C)CN(c2nccc(C(F)(F)F)n2)C1. The Morgan fingerprint density at radius 1 is 1.22 bits per heavy atom. The number of hydrogen-bond acceptors (Lipinski definition) is 3. The molecule has 2 atom stereocenters. The smallest absolute Gasteiger partial charge is 0.340 e. The monoisotopic (exact) mass is 259 g/mol. The zero-order valence-corrected chi connectivity index (χ0v) is 10.4. The van der Waals surface area contributed by atoms with Crippen molar-refractivity contribution in [3.63, 3.8) is 0 Å².